The van der Waals surface area contributed by atoms with Crippen molar-refractivity contribution < 1.29 is 14.3 Å². The molecule has 0 aromatic heterocycles. The summed E-state index contributed by atoms with van der Waals surface area (Å²) in [6.07, 6.45) is 0.969. The molecule has 31 heavy (non-hydrogen) atoms. The monoisotopic (exact) mass is 442 g/mol. The van der Waals surface area contributed by atoms with Crippen LogP contribution in [0.25, 0.3) is 0 Å². The molecule has 0 aliphatic rings. The molecular weight excluding hydrogens is 408 g/mol. The maximum absolute atomic E-state index is 13.2. The lowest BCUT2D eigenvalue weighted by Crippen LogP contribution is -2.50. The highest BCUT2D eigenvalue weighted by Crippen LogP contribution is 2.19. The van der Waals surface area contributed by atoms with Crippen LogP contribution in [0, 0.1) is 0 Å². The zero-order valence-corrected chi connectivity index (χ0v) is 19.8. The Hall–Kier alpha value is -2.47. The number of hydrogen-bond donors (Lipinski definition) is 1. The minimum absolute atomic E-state index is 0.00198. The second-order valence-corrected chi connectivity index (χ2v) is 8.85. The van der Waals surface area contributed by atoms with Crippen molar-refractivity contribution in [1.29, 1.82) is 0 Å². The Kier molecular flexibility index (Phi) is 10.4. The van der Waals surface area contributed by atoms with Gasteiger partial charge in [0.25, 0.3) is 0 Å². The van der Waals surface area contributed by atoms with Gasteiger partial charge in [-0.15, -0.1) is 0 Å². The van der Waals surface area contributed by atoms with Crippen LogP contribution in [0.1, 0.15) is 44.7 Å². The Morgan fingerprint density at radius 3 is 2.29 bits per heavy atom. The maximum Gasteiger partial charge on any atom is 0.243 e. The van der Waals surface area contributed by atoms with E-state index in [0.29, 0.717) is 19.4 Å². The lowest BCUT2D eigenvalue weighted by atomic mass is 10.1. The van der Waals surface area contributed by atoms with Crippen molar-refractivity contribution >= 4 is 23.6 Å². The van der Waals surface area contributed by atoms with Crippen molar-refractivity contribution in [2.24, 2.45) is 0 Å². The minimum atomic E-state index is -0.490. The molecule has 2 amide bonds. The van der Waals surface area contributed by atoms with Crippen LogP contribution in [-0.2, 0) is 21.9 Å². The second kappa shape index (κ2) is 13.1. The zero-order chi connectivity index (χ0) is 22.6. The van der Waals surface area contributed by atoms with Gasteiger partial charge in [0.2, 0.25) is 11.8 Å². The molecule has 0 bridgehead atoms. The number of amides is 2. The van der Waals surface area contributed by atoms with Crippen LogP contribution in [0.15, 0.2) is 54.6 Å². The number of nitrogens with one attached hydrogen (secondary N) is 1. The summed E-state index contributed by atoms with van der Waals surface area (Å²) in [7, 11) is 1.63. The molecule has 0 saturated heterocycles. The topological polar surface area (TPSA) is 58.6 Å². The van der Waals surface area contributed by atoms with Crippen molar-refractivity contribution in [2.45, 2.75) is 58.0 Å². The van der Waals surface area contributed by atoms with Gasteiger partial charge in [0.05, 0.1) is 7.11 Å². The Labute approximate surface area is 190 Å². The van der Waals surface area contributed by atoms with E-state index in [1.807, 2.05) is 63.2 Å². The van der Waals surface area contributed by atoms with Gasteiger partial charge in [-0.05, 0) is 43.5 Å². The van der Waals surface area contributed by atoms with Crippen LogP contribution in [0.5, 0.6) is 5.75 Å². The molecule has 0 aliphatic heterocycles. The lowest BCUT2D eigenvalue weighted by Gasteiger charge is -2.31. The highest BCUT2D eigenvalue weighted by atomic mass is 32.2. The predicted molar refractivity (Wildman–Crippen MR) is 128 cm³/mol. The van der Waals surface area contributed by atoms with Gasteiger partial charge in [-0.2, -0.15) is 11.8 Å². The maximum atomic E-state index is 13.2. The van der Waals surface area contributed by atoms with Gasteiger partial charge in [0.15, 0.2) is 0 Å². The largest absolute Gasteiger partial charge is 0.497 e. The van der Waals surface area contributed by atoms with Crippen molar-refractivity contribution in [3.05, 3.63) is 65.7 Å². The zero-order valence-electron chi connectivity index (χ0n) is 19.0. The Bertz CT molecular complexity index is 809. The number of ether oxygens (including phenoxy) is 1. The summed E-state index contributed by atoms with van der Waals surface area (Å²) in [5.74, 6) is 2.26. The predicted octanol–water partition coefficient (Wildman–Crippen LogP) is 4.65. The molecule has 1 N–H and O–H groups in total. The molecule has 5 nitrogen and oxygen atoms in total. The van der Waals surface area contributed by atoms with E-state index in [1.54, 1.807) is 23.8 Å². The summed E-state index contributed by atoms with van der Waals surface area (Å²) >= 11 is 1.74. The molecular formula is C25H34N2O3S. The van der Waals surface area contributed by atoms with E-state index in [4.69, 9.17) is 4.74 Å². The first-order chi connectivity index (χ1) is 14.9. The van der Waals surface area contributed by atoms with E-state index in [2.05, 4.69) is 17.4 Å². The summed E-state index contributed by atoms with van der Waals surface area (Å²) in [5.41, 5.74) is 2.22. The van der Waals surface area contributed by atoms with Crippen molar-refractivity contribution in [3.63, 3.8) is 0 Å². The van der Waals surface area contributed by atoms with Gasteiger partial charge >= 0.3 is 0 Å². The van der Waals surface area contributed by atoms with Crippen LogP contribution in [-0.4, -0.2) is 41.7 Å². The molecule has 168 valence electrons. The molecule has 0 radical (unpaired) electrons. The van der Waals surface area contributed by atoms with Crippen LogP contribution >= 0.6 is 11.8 Å². The Morgan fingerprint density at radius 2 is 1.71 bits per heavy atom. The van der Waals surface area contributed by atoms with Crippen molar-refractivity contribution in [3.8, 4) is 5.75 Å². The number of benzene rings is 2. The van der Waals surface area contributed by atoms with Crippen LogP contribution in [0.3, 0.4) is 0 Å². The summed E-state index contributed by atoms with van der Waals surface area (Å²) in [4.78, 5) is 27.7. The normalized spacial score (nSPS) is 11.8. The standard InChI is InChI=1S/C25H34N2O3S/c1-5-23(25(29)26-19(2)3)27(17-20-11-13-22(30-4)14-12-20)24(28)15-16-31-18-21-9-7-6-8-10-21/h6-14,19,23H,5,15-18H2,1-4H3,(H,26,29). The number of thioether (sulfide) groups is 1. The van der Waals surface area contributed by atoms with Gasteiger partial charge < -0.3 is 15.0 Å². The molecule has 0 spiro atoms. The van der Waals surface area contributed by atoms with Gasteiger partial charge in [-0.25, -0.2) is 0 Å². The highest BCUT2D eigenvalue weighted by molar-refractivity contribution is 7.98. The third-order valence-electron chi connectivity index (χ3n) is 4.90. The Balaban J connectivity index is 2.06. The minimum Gasteiger partial charge on any atom is -0.497 e. The first-order valence-electron chi connectivity index (χ1n) is 10.8. The van der Waals surface area contributed by atoms with E-state index in [9.17, 15) is 9.59 Å². The van der Waals surface area contributed by atoms with Crippen LogP contribution in [0.2, 0.25) is 0 Å². The van der Waals surface area contributed by atoms with Gasteiger partial charge in [0, 0.05) is 30.5 Å². The molecule has 0 fully saturated rings. The molecule has 0 aliphatic carbocycles. The van der Waals surface area contributed by atoms with Gasteiger partial charge in [-0.1, -0.05) is 49.4 Å². The average Bonchev–Trinajstić information content (AvgIpc) is 2.77. The summed E-state index contributed by atoms with van der Waals surface area (Å²) in [6.45, 7) is 6.21. The van der Waals surface area contributed by atoms with E-state index in [1.165, 1.54) is 5.56 Å². The molecule has 0 heterocycles. The third kappa shape index (κ3) is 8.29. The number of carbonyl (C=O) groups excluding carboxylic acids is 2. The SMILES string of the molecule is CCC(C(=O)NC(C)C)N(Cc1ccc(OC)cc1)C(=O)CCSCc1ccccc1. The second-order valence-electron chi connectivity index (χ2n) is 7.75. The first-order valence-corrected chi connectivity index (χ1v) is 11.9. The van der Waals surface area contributed by atoms with E-state index < -0.39 is 6.04 Å². The van der Waals surface area contributed by atoms with E-state index in [-0.39, 0.29) is 17.9 Å². The van der Waals surface area contributed by atoms with Gasteiger partial charge in [0.1, 0.15) is 11.8 Å². The molecule has 0 saturated carbocycles. The fraction of sp³-hybridized carbons (Fsp3) is 0.440. The van der Waals surface area contributed by atoms with Crippen LogP contribution < -0.4 is 10.1 Å². The van der Waals surface area contributed by atoms with Crippen molar-refractivity contribution in [2.75, 3.05) is 12.9 Å². The summed E-state index contributed by atoms with van der Waals surface area (Å²) < 4.78 is 5.23. The molecule has 2 aromatic carbocycles. The number of rotatable bonds is 12. The first kappa shape index (κ1) is 24.8. The molecule has 2 rings (SSSR count). The molecule has 1 unspecified atom stereocenters. The number of nitrogens with zero attached hydrogens (tertiary/aromatic N) is 1. The summed E-state index contributed by atoms with van der Waals surface area (Å²) in [5, 5.41) is 2.96. The number of methoxy groups -OCH3 is 1. The molecule has 6 heteroatoms. The van der Waals surface area contributed by atoms with E-state index >= 15 is 0 Å². The van der Waals surface area contributed by atoms with Crippen LogP contribution in [0.4, 0.5) is 0 Å². The Morgan fingerprint density at radius 1 is 1.03 bits per heavy atom. The molecule has 1 atom stereocenters. The van der Waals surface area contributed by atoms with E-state index in [0.717, 1.165) is 22.8 Å². The smallest absolute Gasteiger partial charge is 0.243 e. The quantitative estimate of drug-likeness (QED) is 0.486. The average molecular weight is 443 g/mol. The highest BCUT2D eigenvalue weighted by Gasteiger charge is 2.28. The fourth-order valence-electron chi connectivity index (χ4n) is 3.30. The summed E-state index contributed by atoms with van der Waals surface area (Å²) in [6, 6.07) is 17.4. The number of hydrogen-bond acceptors (Lipinski definition) is 4. The number of carbonyl (C=O) groups is 2. The van der Waals surface area contributed by atoms with Crippen molar-refractivity contribution in [1.82, 2.24) is 10.2 Å². The fourth-order valence-corrected chi connectivity index (χ4v) is 4.19. The lowest BCUT2D eigenvalue weighted by molar-refractivity contribution is -0.141. The third-order valence-corrected chi connectivity index (χ3v) is 5.93. The molecule has 2 aromatic rings. The van der Waals surface area contributed by atoms with Gasteiger partial charge in [-0.3, -0.25) is 9.59 Å².